The number of aromatic nitrogens is 1. The van der Waals surface area contributed by atoms with Gasteiger partial charge in [-0.05, 0) is 56.5 Å². The fourth-order valence-electron chi connectivity index (χ4n) is 3.50. The number of nitrogens with one attached hydrogen (secondary N) is 4. The van der Waals surface area contributed by atoms with E-state index in [-0.39, 0.29) is 30.8 Å². The van der Waals surface area contributed by atoms with Gasteiger partial charge in [-0.3, -0.25) is 19.2 Å². The summed E-state index contributed by atoms with van der Waals surface area (Å²) < 4.78 is 13.7. The fraction of sp³-hybridized carbons (Fsp3) is 0.280. The molecule has 9 nitrogen and oxygen atoms in total. The normalized spacial score (nSPS) is 13.9. The average molecular weight is 480 g/mol. The van der Waals surface area contributed by atoms with Crippen LogP contribution in [0.1, 0.15) is 41.0 Å². The smallest absolute Gasteiger partial charge is 0.298 e. The molecule has 0 radical (unpaired) electrons. The van der Waals surface area contributed by atoms with Gasteiger partial charge in [-0.2, -0.15) is 0 Å². The van der Waals surface area contributed by atoms with E-state index in [0.29, 0.717) is 33.6 Å². The molecular formula is C25H26FN5O4. The molecule has 4 amide bonds. The lowest BCUT2D eigenvalue weighted by atomic mass is 10.0. The van der Waals surface area contributed by atoms with E-state index >= 15 is 0 Å². The molecule has 1 aliphatic rings. The van der Waals surface area contributed by atoms with Crippen molar-refractivity contribution < 1.29 is 23.6 Å². The highest BCUT2D eigenvalue weighted by atomic mass is 19.1. The van der Waals surface area contributed by atoms with Crippen LogP contribution in [0.2, 0.25) is 0 Å². The van der Waals surface area contributed by atoms with Gasteiger partial charge in [0.1, 0.15) is 11.9 Å². The number of rotatable bonds is 7. The molecule has 10 heteroatoms. The van der Waals surface area contributed by atoms with Gasteiger partial charge in [0.15, 0.2) is 0 Å². The number of carbonyl (C=O) groups excluding carboxylic acids is 4. The molecule has 0 saturated carbocycles. The van der Waals surface area contributed by atoms with E-state index < -0.39 is 17.8 Å². The molecular weight excluding hydrogens is 453 g/mol. The predicted octanol–water partition coefficient (Wildman–Crippen LogP) is 1.67. The Morgan fingerprint density at radius 3 is 2.66 bits per heavy atom. The number of aromatic amines is 1. The minimum Gasteiger partial charge on any atom is -0.361 e. The van der Waals surface area contributed by atoms with Gasteiger partial charge in [0.2, 0.25) is 5.91 Å². The Bertz CT molecular complexity index is 1280. The van der Waals surface area contributed by atoms with E-state index in [2.05, 4.69) is 32.8 Å². The van der Waals surface area contributed by atoms with Gasteiger partial charge in [-0.15, -0.1) is 0 Å². The predicted molar refractivity (Wildman–Crippen MR) is 129 cm³/mol. The van der Waals surface area contributed by atoms with Gasteiger partial charge >= 0.3 is 0 Å². The third-order valence-corrected chi connectivity index (χ3v) is 5.70. The van der Waals surface area contributed by atoms with Crippen molar-refractivity contribution in [1.29, 1.82) is 0 Å². The first-order valence-corrected chi connectivity index (χ1v) is 10.9. The Morgan fingerprint density at radius 1 is 1.23 bits per heavy atom. The number of likely N-dealkylation sites (N-methyl/N-ethyl adjacent to an activating group) is 1. The SMILES string of the molecule is CC#CC(=O)N(C)[C@@H](C)C(=O)NCCNC(=O)c1c[nH]c(C=C2C(=O)Nc3ccc(F)cc32)c1C. The Hall–Kier alpha value is -4.39. The number of fused-ring (bicyclic) bond motifs is 1. The maximum absolute atomic E-state index is 13.7. The highest BCUT2D eigenvalue weighted by molar-refractivity contribution is 6.34. The number of halogens is 1. The Labute approximate surface area is 202 Å². The maximum atomic E-state index is 13.7. The lowest BCUT2D eigenvalue weighted by molar-refractivity contribution is -0.134. The second-order valence-corrected chi connectivity index (χ2v) is 7.96. The number of nitrogens with zero attached hydrogens (tertiary/aromatic N) is 1. The van der Waals surface area contributed by atoms with Gasteiger partial charge in [0, 0.05) is 43.3 Å². The van der Waals surface area contributed by atoms with Crippen molar-refractivity contribution >= 4 is 41.0 Å². The molecule has 0 bridgehead atoms. The summed E-state index contributed by atoms with van der Waals surface area (Å²) in [7, 11) is 1.49. The molecule has 0 aliphatic carbocycles. The van der Waals surface area contributed by atoms with Crippen LogP contribution in [0.5, 0.6) is 0 Å². The molecule has 1 aromatic heterocycles. The van der Waals surface area contributed by atoms with Gasteiger partial charge in [0.05, 0.1) is 11.1 Å². The van der Waals surface area contributed by atoms with Crippen molar-refractivity contribution in [3.8, 4) is 11.8 Å². The number of H-pyrrole nitrogens is 1. The Balaban J connectivity index is 1.58. The van der Waals surface area contributed by atoms with Crippen molar-refractivity contribution in [2.45, 2.75) is 26.8 Å². The monoisotopic (exact) mass is 479 g/mol. The largest absolute Gasteiger partial charge is 0.361 e. The molecule has 1 aliphatic heterocycles. The third kappa shape index (κ3) is 5.58. The van der Waals surface area contributed by atoms with E-state index in [4.69, 9.17) is 0 Å². The number of carbonyl (C=O) groups is 4. The van der Waals surface area contributed by atoms with E-state index in [1.807, 2.05) is 0 Å². The summed E-state index contributed by atoms with van der Waals surface area (Å²) in [6.07, 6.45) is 3.10. The third-order valence-electron chi connectivity index (χ3n) is 5.70. The van der Waals surface area contributed by atoms with Crippen molar-refractivity contribution in [2.75, 3.05) is 25.5 Å². The van der Waals surface area contributed by atoms with Crippen LogP contribution >= 0.6 is 0 Å². The fourth-order valence-corrected chi connectivity index (χ4v) is 3.50. The first-order chi connectivity index (χ1) is 16.6. The van der Waals surface area contributed by atoms with Gasteiger partial charge in [0.25, 0.3) is 17.7 Å². The molecule has 2 aromatic rings. The Kier molecular flexibility index (Phi) is 7.71. The van der Waals surface area contributed by atoms with Crippen molar-refractivity contribution in [1.82, 2.24) is 20.5 Å². The van der Waals surface area contributed by atoms with Gasteiger partial charge in [-0.25, -0.2) is 4.39 Å². The number of amides is 4. The van der Waals surface area contributed by atoms with Crippen LogP contribution < -0.4 is 16.0 Å². The number of benzene rings is 1. The average Bonchev–Trinajstić information content (AvgIpc) is 3.34. The van der Waals surface area contributed by atoms with E-state index in [9.17, 15) is 23.6 Å². The number of hydrogen-bond acceptors (Lipinski definition) is 4. The molecule has 1 aromatic carbocycles. The zero-order valence-corrected chi connectivity index (χ0v) is 19.8. The molecule has 0 saturated heterocycles. The Morgan fingerprint density at radius 2 is 1.94 bits per heavy atom. The highest BCUT2D eigenvalue weighted by Crippen LogP contribution is 2.34. The zero-order chi connectivity index (χ0) is 25.7. The summed E-state index contributed by atoms with van der Waals surface area (Å²) in [4.78, 5) is 53.2. The summed E-state index contributed by atoms with van der Waals surface area (Å²) in [5, 5.41) is 8.07. The van der Waals surface area contributed by atoms with Gasteiger partial charge < -0.3 is 25.8 Å². The molecule has 0 spiro atoms. The second kappa shape index (κ2) is 10.7. The molecule has 182 valence electrons. The lowest BCUT2D eigenvalue weighted by Crippen LogP contribution is -2.47. The lowest BCUT2D eigenvalue weighted by Gasteiger charge is -2.21. The minimum atomic E-state index is -0.715. The second-order valence-electron chi connectivity index (χ2n) is 7.96. The molecule has 35 heavy (non-hydrogen) atoms. The standard InChI is InChI=1S/C25H26FN5O4/c1-5-6-22(32)31(4)15(3)23(33)27-9-10-28-24(34)19-13-29-21(14(19)2)12-18-17-11-16(26)7-8-20(17)30-25(18)35/h7-8,11-13,15,29H,9-10H2,1-4H3,(H,27,33)(H,28,34)(H,30,35)/t15-/m0/s1. The van der Waals surface area contributed by atoms with Crippen molar-refractivity contribution in [2.24, 2.45) is 0 Å². The van der Waals surface area contributed by atoms with E-state index in [1.54, 1.807) is 19.9 Å². The topological polar surface area (TPSA) is 123 Å². The van der Waals surface area contributed by atoms with Crippen LogP contribution in [0, 0.1) is 24.6 Å². The molecule has 1 atom stereocenters. The molecule has 0 unspecified atom stereocenters. The van der Waals surface area contributed by atoms with Gasteiger partial charge in [-0.1, -0.05) is 5.92 Å². The first-order valence-electron chi connectivity index (χ1n) is 10.9. The van der Waals surface area contributed by atoms with Crippen molar-refractivity contribution in [3.05, 3.63) is 52.6 Å². The number of hydrogen-bond donors (Lipinski definition) is 4. The van der Waals surface area contributed by atoms with E-state index in [0.717, 1.165) is 0 Å². The van der Waals surface area contributed by atoms with Crippen LogP contribution in [0.4, 0.5) is 10.1 Å². The van der Waals surface area contributed by atoms with Crippen LogP contribution in [-0.2, 0) is 14.4 Å². The molecule has 0 fully saturated rings. The molecule has 2 heterocycles. The quantitative estimate of drug-likeness (QED) is 0.274. The zero-order valence-electron chi connectivity index (χ0n) is 19.8. The minimum absolute atomic E-state index is 0.166. The molecule has 4 N–H and O–H groups in total. The molecule has 3 rings (SSSR count). The summed E-state index contributed by atoms with van der Waals surface area (Å²) in [6, 6.07) is 3.34. The van der Waals surface area contributed by atoms with Crippen LogP contribution in [0.15, 0.2) is 24.4 Å². The van der Waals surface area contributed by atoms with Crippen molar-refractivity contribution in [3.63, 3.8) is 0 Å². The summed E-state index contributed by atoms with van der Waals surface area (Å²) in [5.74, 6) is 2.87. The highest BCUT2D eigenvalue weighted by Gasteiger charge is 2.25. The van der Waals surface area contributed by atoms with Crippen LogP contribution in [0.25, 0.3) is 11.6 Å². The van der Waals surface area contributed by atoms with Crippen LogP contribution in [0.3, 0.4) is 0 Å². The van der Waals surface area contributed by atoms with E-state index in [1.165, 1.54) is 43.3 Å². The maximum Gasteiger partial charge on any atom is 0.298 e. The first kappa shape index (κ1) is 25.2. The number of anilines is 1. The summed E-state index contributed by atoms with van der Waals surface area (Å²) >= 11 is 0. The van der Waals surface area contributed by atoms with Crippen LogP contribution in [-0.4, -0.2) is 59.7 Å². The summed E-state index contributed by atoms with van der Waals surface area (Å²) in [6.45, 7) is 5.18. The summed E-state index contributed by atoms with van der Waals surface area (Å²) in [5.41, 5.74) is 2.80.